The molecule has 1 unspecified atom stereocenters. The molecule has 2 aromatic carbocycles. The molecule has 9 heteroatoms. The third-order valence-electron chi connectivity index (χ3n) is 6.62. The molecule has 2 aliphatic rings. The number of carbonyl (C=O) groups is 1. The normalized spacial score (nSPS) is 20.4. The van der Waals surface area contributed by atoms with Crippen LogP contribution in [0, 0.1) is 5.92 Å². The Kier molecular flexibility index (Phi) is 6.09. The minimum absolute atomic E-state index is 0.0287. The van der Waals surface area contributed by atoms with Gasteiger partial charge in [-0.25, -0.2) is 0 Å². The van der Waals surface area contributed by atoms with Crippen LogP contribution in [0.4, 0.5) is 26.3 Å². The van der Waals surface area contributed by atoms with Gasteiger partial charge in [-0.2, -0.15) is 26.3 Å². The summed E-state index contributed by atoms with van der Waals surface area (Å²) >= 11 is 0. The minimum atomic E-state index is -4.43. The molecule has 0 aromatic heterocycles. The molecule has 0 N–H and O–H groups in total. The molecule has 178 valence electrons. The Morgan fingerprint density at radius 3 is 1.94 bits per heavy atom. The van der Waals surface area contributed by atoms with Crippen molar-refractivity contribution in [1.82, 2.24) is 4.90 Å². The van der Waals surface area contributed by atoms with Gasteiger partial charge in [0.05, 0.1) is 23.1 Å². The molecule has 2 aromatic rings. The van der Waals surface area contributed by atoms with Gasteiger partial charge in [0.25, 0.3) is 0 Å². The predicted molar refractivity (Wildman–Crippen MR) is 109 cm³/mol. The van der Waals surface area contributed by atoms with Crippen LogP contribution >= 0.6 is 0 Å². The second-order valence-electron chi connectivity index (χ2n) is 8.75. The zero-order valence-electron chi connectivity index (χ0n) is 17.7. The molecule has 4 rings (SSSR count). The van der Waals surface area contributed by atoms with Crippen LogP contribution in [0.15, 0.2) is 48.5 Å². The van der Waals surface area contributed by atoms with Gasteiger partial charge in [0.15, 0.2) is 0 Å². The second-order valence-corrected chi connectivity index (χ2v) is 8.75. The fraction of sp³-hybridized carbons (Fsp3) is 0.458. The summed E-state index contributed by atoms with van der Waals surface area (Å²) in [5, 5.41) is 0. The largest absolute Gasteiger partial charge is 0.493 e. The minimum Gasteiger partial charge on any atom is -0.493 e. The molecular weight excluding hydrogens is 448 g/mol. The van der Waals surface area contributed by atoms with Crippen LogP contribution in [0.1, 0.15) is 42.4 Å². The number of amides is 1. The topological polar surface area (TPSA) is 29.5 Å². The Balaban J connectivity index is 1.36. The van der Waals surface area contributed by atoms with E-state index in [0.29, 0.717) is 43.7 Å². The Morgan fingerprint density at radius 2 is 1.45 bits per heavy atom. The lowest BCUT2D eigenvalue weighted by molar-refractivity contribution is -0.140. The highest BCUT2D eigenvalue weighted by Gasteiger charge is 2.49. The lowest BCUT2D eigenvalue weighted by Crippen LogP contribution is -2.50. The van der Waals surface area contributed by atoms with Crippen LogP contribution in [0.25, 0.3) is 0 Å². The monoisotopic (exact) mass is 471 g/mol. The van der Waals surface area contributed by atoms with E-state index < -0.39 is 28.9 Å². The van der Waals surface area contributed by atoms with E-state index in [4.69, 9.17) is 4.74 Å². The fourth-order valence-corrected chi connectivity index (χ4v) is 4.54. The molecule has 1 aliphatic heterocycles. The van der Waals surface area contributed by atoms with Gasteiger partial charge in [0.2, 0.25) is 5.91 Å². The van der Waals surface area contributed by atoms with Crippen molar-refractivity contribution in [3.05, 3.63) is 65.2 Å². The first-order valence-electron chi connectivity index (χ1n) is 10.8. The summed E-state index contributed by atoms with van der Waals surface area (Å²) in [7, 11) is 0. The highest BCUT2D eigenvalue weighted by Crippen LogP contribution is 2.46. The third kappa shape index (κ3) is 4.82. The number of halogens is 6. The van der Waals surface area contributed by atoms with E-state index in [0.717, 1.165) is 30.7 Å². The maximum absolute atomic E-state index is 13.3. The Labute approximate surface area is 187 Å². The number of rotatable bonds is 5. The summed E-state index contributed by atoms with van der Waals surface area (Å²) in [4.78, 5) is 15.1. The summed E-state index contributed by atoms with van der Waals surface area (Å²) in [6, 6.07) is 9.32. The SMILES string of the molecule is O=C(N1CCC(COc2ccc(C(F)(F)F)cc2)C1)C1(c2ccc(C(F)(F)F)cc2)CCC1. The van der Waals surface area contributed by atoms with E-state index in [1.807, 2.05) is 0 Å². The predicted octanol–water partition coefficient (Wildman–Crippen LogP) is 6.07. The first-order chi connectivity index (χ1) is 15.5. The number of alkyl halides is 6. The molecular formula is C24H23F6NO2. The van der Waals surface area contributed by atoms with Gasteiger partial charge < -0.3 is 9.64 Å². The quantitative estimate of drug-likeness (QED) is 0.495. The van der Waals surface area contributed by atoms with Crippen LogP contribution in [0.2, 0.25) is 0 Å². The maximum Gasteiger partial charge on any atom is 0.416 e. The van der Waals surface area contributed by atoms with Gasteiger partial charge in [-0.15, -0.1) is 0 Å². The number of carbonyl (C=O) groups excluding carboxylic acids is 1. The zero-order chi connectivity index (χ0) is 23.9. The van der Waals surface area contributed by atoms with Gasteiger partial charge in [0, 0.05) is 19.0 Å². The average molecular weight is 471 g/mol. The first-order valence-corrected chi connectivity index (χ1v) is 10.8. The number of hydrogen-bond donors (Lipinski definition) is 0. The van der Waals surface area contributed by atoms with Crippen molar-refractivity contribution < 1.29 is 35.9 Å². The second kappa shape index (κ2) is 8.57. The summed E-state index contributed by atoms with van der Waals surface area (Å²) < 4.78 is 82.3. The van der Waals surface area contributed by atoms with E-state index in [-0.39, 0.29) is 18.4 Å². The Hall–Kier alpha value is -2.71. The Bertz CT molecular complexity index is 978. The van der Waals surface area contributed by atoms with E-state index in [1.54, 1.807) is 4.90 Å². The molecule has 0 radical (unpaired) electrons. The van der Waals surface area contributed by atoms with E-state index in [9.17, 15) is 31.1 Å². The van der Waals surface area contributed by atoms with Crippen LogP contribution in [0.3, 0.4) is 0 Å². The molecule has 33 heavy (non-hydrogen) atoms. The van der Waals surface area contributed by atoms with Crippen molar-refractivity contribution in [2.24, 2.45) is 5.92 Å². The van der Waals surface area contributed by atoms with Crippen LogP contribution in [-0.2, 0) is 22.6 Å². The van der Waals surface area contributed by atoms with Crippen molar-refractivity contribution in [2.45, 2.75) is 43.5 Å². The van der Waals surface area contributed by atoms with Crippen LogP contribution in [-0.4, -0.2) is 30.5 Å². The first kappa shape index (κ1) is 23.4. The molecule has 1 saturated heterocycles. The van der Waals surface area contributed by atoms with Crippen molar-refractivity contribution in [3.8, 4) is 5.75 Å². The van der Waals surface area contributed by atoms with Crippen molar-refractivity contribution in [2.75, 3.05) is 19.7 Å². The summed E-state index contributed by atoms with van der Waals surface area (Å²) in [5.41, 5.74) is -1.67. The standard InChI is InChI=1S/C24H23F6NO2/c25-23(26,27)18-4-2-17(3-5-18)22(11-1-12-22)21(32)31-13-10-16(14-31)15-33-20-8-6-19(7-9-20)24(28,29)30/h2-9,16H,1,10-15H2. The zero-order valence-corrected chi connectivity index (χ0v) is 17.7. The van der Waals surface area contributed by atoms with Gasteiger partial charge in [-0.3, -0.25) is 4.79 Å². The molecule has 1 aliphatic carbocycles. The smallest absolute Gasteiger partial charge is 0.416 e. The number of nitrogens with zero attached hydrogens (tertiary/aromatic N) is 1. The number of hydrogen-bond acceptors (Lipinski definition) is 2. The van der Waals surface area contributed by atoms with Crippen molar-refractivity contribution in [1.29, 1.82) is 0 Å². The third-order valence-corrected chi connectivity index (χ3v) is 6.62. The number of ether oxygens (including phenoxy) is 1. The van der Waals surface area contributed by atoms with Gasteiger partial charge >= 0.3 is 12.4 Å². The van der Waals surface area contributed by atoms with Crippen LogP contribution in [0.5, 0.6) is 5.75 Å². The number of benzene rings is 2. The van der Waals surface area contributed by atoms with Crippen molar-refractivity contribution in [3.63, 3.8) is 0 Å². The van der Waals surface area contributed by atoms with E-state index in [1.165, 1.54) is 24.3 Å². The Morgan fingerprint density at radius 1 is 0.909 bits per heavy atom. The molecule has 3 nitrogen and oxygen atoms in total. The van der Waals surface area contributed by atoms with Gasteiger partial charge in [-0.1, -0.05) is 18.6 Å². The lowest BCUT2D eigenvalue weighted by atomic mass is 9.63. The maximum atomic E-state index is 13.3. The van der Waals surface area contributed by atoms with E-state index in [2.05, 4.69) is 0 Å². The summed E-state index contributed by atoms with van der Waals surface area (Å²) in [6.45, 7) is 1.23. The molecule has 1 heterocycles. The van der Waals surface area contributed by atoms with Crippen LogP contribution < -0.4 is 4.74 Å². The number of likely N-dealkylation sites (tertiary alicyclic amines) is 1. The highest BCUT2D eigenvalue weighted by molar-refractivity contribution is 5.89. The van der Waals surface area contributed by atoms with Gasteiger partial charge in [-0.05, 0) is 61.2 Å². The molecule has 1 atom stereocenters. The highest BCUT2D eigenvalue weighted by atomic mass is 19.4. The molecule has 1 amide bonds. The van der Waals surface area contributed by atoms with E-state index >= 15 is 0 Å². The molecule has 0 spiro atoms. The average Bonchev–Trinajstić information content (AvgIpc) is 3.20. The summed E-state index contributed by atoms with van der Waals surface area (Å²) in [5.74, 6) is 0.277. The lowest BCUT2D eigenvalue weighted by Gasteiger charge is -2.43. The van der Waals surface area contributed by atoms with Crippen molar-refractivity contribution >= 4 is 5.91 Å². The van der Waals surface area contributed by atoms with Gasteiger partial charge in [0.1, 0.15) is 5.75 Å². The fourth-order valence-electron chi connectivity index (χ4n) is 4.54. The molecule has 0 bridgehead atoms. The summed E-state index contributed by atoms with van der Waals surface area (Å²) in [6.07, 6.45) is -6.11. The molecule has 1 saturated carbocycles. The molecule has 2 fully saturated rings.